The summed E-state index contributed by atoms with van der Waals surface area (Å²) in [5, 5.41) is -0.608. The average Bonchev–Trinajstić information content (AvgIpc) is 2.41. The maximum atomic E-state index is 13.1. The first-order chi connectivity index (χ1) is 6.73. The topological polar surface area (TPSA) is 0 Å². The lowest BCUT2D eigenvalue weighted by molar-refractivity contribution is -0.0336. The maximum absolute atomic E-state index is 13.1. The number of thiophene rings is 1. The molecular weight excluding hydrogens is 238 g/mol. The monoisotopic (exact) mass is 252 g/mol. The highest BCUT2D eigenvalue weighted by Gasteiger charge is 2.37. The number of aryl methyl sites for hydroxylation is 2. The second-order valence-electron chi connectivity index (χ2n) is 4.05. The minimum atomic E-state index is -2.74. The van der Waals surface area contributed by atoms with Gasteiger partial charge in [0.05, 0.1) is 5.38 Å². The minimum absolute atomic E-state index is 0.608. The van der Waals surface area contributed by atoms with Gasteiger partial charge in [0.25, 0.3) is 0 Å². The molecule has 0 aliphatic heterocycles. The van der Waals surface area contributed by atoms with Gasteiger partial charge in [-0.1, -0.05) is 6.92 Å². The van der Waals surface area contributed by atoms with Crippen LogP contribution in [0.4, 0.5) is 8.78 Å². The van der Waals surface area contributed by atoms with Crippen LogP contribution in [0.1, 0.15) is 34.5 Å². The van der Waals surface area contributed by atoms with E-state index in [0.717, 1.165) is 22.2 Å². The molecule has 1 aromatic rings. The van der Waals surface area contributed by atoms with E-state index < -0.39 is 17.2 Å². The third kappa shape index (κ3) is 2.91. The van der Waals surface area contributed by atoms with E-state index in [1.165, 1.54) is 18.3 Å². The fraction of sp³-hybridized carbons (Fsp3) is 0.636. The van der Waals surface area contributed by atoms with E-state index in [-0.39, 0.29) is 0 Å². The quantitative estimate of drug-likeness (QED) is 0.669. The highest BCUT2D eigenvalue weighted by molar-refractivity contribution is 7.12. The van der Waals surface area contributed by atoms with Gasteiger partial charge in [-0.2, -0.15) is 0 Å². The van der Waals surface area contributed by atoms with E-state index in [4.69, 9.17) is 11.6 Å². The zero-order valence-corrected chi connectivity index (χ0v) is 10.8. The molecule has 4 heteroatoms. The van der Waals surface area contributed by atoms with Crippen LogP contribution >= 0.6 is 22.9 Å². The Bertz CT molecular complexity index is 341. The summed E-state index contributed by atoms with van der Waals surface area (Å²) in [6.07, 6.45) is 0. The van der Waals surface area contributed by atoms with E-state index in [0.29, 0.717) is 0 Å². The first-order valence-corrected chi connectivity index (χ1v) is 6.07. The molecule has 15 heavy (non-hydrogen) atoms. The molecule has 0 radical (unpaired) electrons. The summed E-state index contributed by atoms with van der Waals surface area (Å²) >= 11 is 7.59. The Hall–Kier alpha value is -0.150. The van der Waals surface area contributed by atoms with Gasteiger partial charge in [-0.25, -0.2) is 8.78 Å². The highest BCUT2D eigenvalue weighted by atomic mass is 35.5. The molecule has 0 fully saturated rings. The Morgan fingerprint density at radius 2 is 1.93 bits per heavy atom. The number of halogens is 3. The van der Waals surface area contributed by atoms with Crippen LogP contribution in [0.25, 0.3) is 0 Å². The zero-order valence-electron chi connectivity index (χ0n) is 9.27. The van der Waals surface area contributed by atoms with Crippen molar-refractivity contribution in [2.75, 3.05) is 0 Å². The Kier molecular flexibility index (Phi) is 3.77. The van der Waals surface area contributed by atoms with Crippen molar-refractivity contribution in [1.29, 1.82) is 0 Å². The maximum Gasteiger partial charge on any atom is 0.249 e. The fourth-order valence-corrected chi connectivity index (χ4v) is 3.06. The molecule has 0 amide bonds. The number of alkyl halides is 3. The van der Waals surface area contributed by atoms with Gasteiger partial charge < -0.3 is 0 Å². The van der Waals surface area contributed by atoms with Crippen molar-refractivity contribution in [2.24, 2.45) is 5.92 Å². The van der Waals surface area contributed by atoms with Crippen LogP contribution in [-0.2, 0) is 0 Å². The van der Waals surface area contributed by atoms with Crippen molar-refractivity contribution in [3.05, 3.63) is 21.4 Å². The average molecular weight is 253 g/mol. The normalized spacial score (nSPS) is 16.5. The highest BCUT2D eigenvalue weighted by Crippen LogP contribution is 2.42. The molecule has 0 bridgehead atoms. The molecule has 2 atom stereocenters. The molecule has 2 unspecified atom stereocenters. The molecule has 0 aromatic carbocycles. The third-order valence-corrected chi connectivity index (χ3v) is 4.53. The van der Waals surface area contributed by atoms with Crippen molar-refractivity contribution < 1.29 is 8.78 Å². The lowest BCUT2D eigenvalue weighted by Crippen LogP contribution is -2.25. The summed E-state index contributed by atoms with van der Waals surface area (Å²) in [6.45, 7) is 6.28. The predicted molar refractivity (Wildman–Crippen MR) is 62.2 cm³/mol. The Morgan fingerprint density at radius 1 is 1.40 bits per heavy atom. The molecule has 86 valence electrons. The lowest BCUT2D eigenvalue weighted by atomic mass is 9.98. The number of hydrogen-bond acceptors (Lipinski definition) is 1. The Labute approximate surface area is 98.3 Å². The summed E-state index contributed by atoms with van der Waals surface area (Å²) in [5.74, 6) is -3.59. The van der Waals surface area contributed by atoms with Crippen LogP contribution in [0.15, 0.2) is 6.07 Å². The second-order valence-corrected chi connectivity index (χ2v) is 5.81. The first-order valence-electron chi connectivity index (χ1n) is 4.82. The van der Waals surface area contributed by atoms with Gasteiger partial charge in [0.2, 0.25) is 5.92 Å². The van der Waals surface area contributed by atoms with Crippen LogP contribution in [0.3, 0.4) is 0 Å². The van der Waals surface area contributed by atoms with Crippen LogP contribution in [0, 0.1) is 19.8 Å². The van der Waals surface area contributed by atoms with Gasteiger partial charge in [0.15, 0.2) is 0 Å². The fourth-order valence-electron chi connectivity index (χ4n) is 1.42. The molecule has 1 aromatic heterocycles. The summed E-state index contributed by atoms with van der Waals surface area (Å²) < 4.78 is 26.2. The summed E-state index contributed by atoms with van der Waals surface area (Å²) in [5.41, 5.74) is 1.01. The number of hydrogen-bond donors (Lipinski definition) is 0. The van der Waals surface area contributed by atoms with Gasteiger partial charge in [0, 0.05) is 15.7 Å². The van der Waals surface area contributed by atoms with E-state index in [9.17, 15) is 8.78 Å². The van der Waals surface area contributed by atoms with Gasteiger partial charge in [-0.3, -0.25) is 0 Å². The zero-order chi connectivity index (χ0) is 11.8. The summed E-state index contributed by atoms with van der Waals surface area (Å²) in [7, 11) is 0. The van der Waals surface area contributed by atoms with Gasteiger partial charge in [-0.05, 0) is 32.4 Å². The molecule has 0 spiro atoms. The van der Waals surface area contributed by atoms with Gasteiger partial charge >= 0.3 is 0 Å². The predicted octanol–water partition coefficient (Wildman–Crippen LogP) is 4.94. The minimum Gasteiger partial charge on any atom is -0.207 e. The Morgan fingerprint density at radius 3 is 2.27 bits per heavy atom. The van der Waals surface area contributed by atoms with E-state index >= 15 is 0 Å². The smallest absolute Gasteiger partial charge is 0.207 e. The molecule has 0 saturated heterocycles. The Balaban J connectivity index is 2.94. The van der Waals surface area contributed by atoms with Crippen molar-refractivity contribution in [3.8, 4) is 0 Å². The SMILES string of the molecule is Cc1cc(C)c(C(Cl)C(C)C(C)(F)F)s1. The van der Waals surface area contributed by atoms with Crippen LogP contribution in [0.5, 0.6) is 0 Å². The molecule has 0 nitrogen and oxygen atoms in total. The second kappa shape index (κ2) is 4.38. The van der Waals surface area contributed by atoms with Crippen LogP contribution in [-0.4, -0.2) is 5.92 Å². The largest absolute Gasteiger partial charge is 0.249 e. The molecule has 1 rings (SSSR count). The van der Waals surface area contributed by atoms with E-state index in [1.54, 1.807) is 0 Å². The van der Waals surface area contributed by atoms with Crippen molar-refractivity contribution in [3.63, 3.8) is 0 Å². The van der Waals surface area contributed by atoms with E-state index in [2.05, 4.69) is 0 Å². The summed E-state index contributed by atoms with van der Waals surface area (Å²) in [6, 6.07) is 1.98. The molecule has 0 aliphatic rings. The van der Waals surface area contributed by atoms with Crippen LogP contribution in [0.2, 0.25) is 0 Å². The van der Waals surface area contributed by atoms with Crippen molar-refractivity contribution in [2.45, 2.75) is 39.0 Å². The lowest BCUT2D eigenvalue weighted by Gasteiger charge is -2.23. The van der Waals surface area contributed by atoms with Crippen molar-refractivity contribution >= 4 is 22.9 Å². The summed E-state index contributed by atoms with van der Waals surface area (Å²) in [4.78, 5) is 1.97. The van der Waals surface area contributed by atoms with Gasteiger partial charge in [0.1, 0.15) is 0 Å². The third-order valence-electron chi connectivity index (χ3n) is 2.57. The van der Waals surface area contributed by atoms with Gasteiger partial charge in [-0.15, -0.1) is 22.9 Å². The molecule has 0 aliphatic carbocycles. The standard InChI is InChI=1S/C11H15ClF2S/c1-6-5-7(2)15-10(6)9(12)8(3)11(4,13)14/h5,8-9H,1-4H3. The first kappa shape index (κ1) is 12.9. The molecule has 0 saturated carbocycles. The molecule has 0 N–H and O–H groups in total. The van der Waals surface area contributed by atoms with Crippen LogP contribution < -0.4 is 0 Å². The number of rotatable bonds is 3. The molecule has 1 heterocycles. The molecular formula is C11H15ClF2S. The van der Waals surface area contributed by atoms with E-state index in [1.807, 2.05) is 19.9 Å². The van der Waals surface area contributed by atoms with Crippen molar-refractivity contribution in [1.82, 2.24) is 0 Å².